The molecule has 0 aliphatic carbocycles. The van der Waals surface area contributed by atoms with Gasteiger partial charge in [0.2, 0.25) is 0 Å². The van der Waals surface area contributed by atoms with Crippen LogP contribution in [0.15, 0.2) is 24.3 Å². The maximum atomic E-state index is 12.7. The van der Waals surface area contributed by atoms with Gasteiger partial charge in [0.25, 0.3) is 11.8 Å². The molecule has 3 atom stereocenters. The third-order valence-electron chi connectivity index (χ3n) is 4.83. The number of fused-ring (bicyclic) bond motifs is 1. The van der Waals surface area contributed by atoms with Gasteiger partial charge in [0, 0.05) is 0 Å². The second kappa shape index (κ2) is 7.23. The van der Waals surface area contributed by atoms with E-state index in [2.05, 4.69) is 0 Å². The van der Waals surface area contributed by atoms with Crippen molar-refractivity contribution in [2.75, 3.05) is 26.4 Å². The molecule has 2 aliphatic heterocycles. The van der Waals surface area contributed by atoms with Crippen LogP contribution in [0.25, 0.3) is 0 Å². The van der Waals surface area contributed by atoms with Crippen molar-refractivity contribution in [3.05, 3.63) is 35.4 Å². The number of ether oxygens (including phenoxy) is 3. The molecule has 0 aromatic heterocycles. The monoisotopic (exact) mass is 347 g/mol. The molecule has 25 heavy (non-hydrogen) atoms. The Kier molecular flexibility index (Phi) is 5.22. The van der Waals surface area contributed by atoms with E-state index in [-0.39, 0.29) is 30.6 Å². The molecule has 0 radical (unpaired) electrons. The van der Waals surface area contributed by atoms with Crippen LogP contribution in [0, 0.1) is 0 Å². The van der Waals surface area contributed by atoms with Crippen molar-refractivity contribution in [1.82, 2.24) is 4.90 Å². The molecule has 1 fully saturated rings. The quantitative estimate of drug-likeness (QED) is 0.506. The number of hydrogen-bond acceptors (Lipinski definition) is 5. The first-order chi connectivity index (χ1) is 12.0. The number of carbonyl (C=O) groups excluding carboxylic acids is 2. The molecule has 0 bridgehead atoms. The molecule has 2 heterocycles. The zero-order valence-corrected chi connectivity index (χ0v) is 15.0. The van der Waals surface area contributed by atoms with Gasteiger partial charge < -0.3 is 14.2 Å². The Morgan fingerprint density at radius 3 is 2.40 bits per heavy atom. The highest BCUT2D eigenvalue weighted by molar-refractivity contribution is 6.21. The smallest absolute Gasteiger partial charge is 0.262 e. The van der Waals surface area contributed by atoms with Crippen LogP contribution in [-0.4, -0.2) is 60.9 Å². The lowest BCUT2D eigenvalue weighted by Crippen LogP contribution is -2.53. The maximum Gasteiger partial charge on any atom is 0.262 e. The molecule has 0 saturated carbocycles. The zero-order chi connectivity index (χ0) is 18.0. The van der Waals surface area contributed by atoms with E-state index in [9.17, 15) is 9.59 Å². The van der Waals surface area contributed by atoms with E-state index in [1.807, 2.05) is 20.8 Å². The minimum Gasteiger partial charge on any atom is -0.376 e. The van der Waals surface area contributed by atoms with Gasteiger partial charge in [-0.05, 0) is 32.4 Å². The summed E-state index contributed by atoms with van der Waals surface area (Å²) in [5, 5.41) is 0. The van der Waals surface area contributed by atoms with Gasteiger partial charge in [-0.2, -0.15) is 0 Å². The molecule has 3 unspecified atom stereocenters. The lowest BCUT2D eigenvalue weighted by Gasteiger charge is -2.37. The number of nitrogens with zero attached hydrogens (tertiary/aromatic N) is 1. The summed E-state index contributed by atoms with van der Waals surface area (Å²) in [5.41, 5.74) is 0.238. The first kappa shape index (κ1) is 18.0. The molecule has 136 valence electrons. The fraction of sp³-hybridized carbons (Fsp3) is 0.579. The summed E-state index contributed by atoms with van der Waals surface area (Å²) in [5.74, 6) is -0.494. The summed E-state index contributed by atoms with van der Waals surface area (Å²) in [4.78, 5) is 26.8. The van der Waals surface area contributed by atoms with E-state index in [1.165, 1.54) is 4.90 Å². The van der Waals surface area contributed by atoms with Gasteiger partial charge in [-0.3, -0.25) is 14.5 Å². The average Bonchev–Trinajstić information content (AvgIpc) is 3.40. The highest BCUT2D eigenvalue weighted by Crippen LogP contribution is 2.31. The number of hydrogen-bond donors (Lipinski definition) is 0. The predicted molar refractivity (Wildman–Crippen MR) is 91.6 cm³/mol. The summed E-state index contributed by atoms with van der Waals surface area (Å²) in [7, 11) is 0. The summed E-state index contributed by atoms with van der Waals surface area (Å²) in [6.45, 7) is 7.85. The molecule has 1 aromatic carbocycles. The van der Waals surface area contributed by atoms with E-state index in [0.29, 0.717) is 30.8 Å². The topological polar surface area (TPSA) is 68.4 Å². The van der Waals surface area contributed by atoms with Gasteiger partial charge in [0.15, 0.2) is 0 Å². The normalized spacial score (nSPS) is 22.7. The second-order valence-corrected chi connectivity index (χ2v) is 6.96. The third kappa shape index (κ3) is 3.76. The van der Waals surface area contributed by atoms with Crippen molar-refractivity contribution >= 4 is 11.8 Å². The summed E-state index contributed by atoms with van der Waals surface area (Å²) >= 11 is 0. The van der Waals surface area contributed by atoms with E-state index < -0.39 is 5.54 Å². The lowest BCUT2D eigenvalue weighted by atomic mass is 9.97. The van der Waals surface area contributed by atoms with Crippen LogP contribution in [0.2, 0.25) is 0 Å². The molecular weight excluding hydrogens is 322 g/mol. The average molecular weight is 347 g/mol. The highest BCUT2D eigenvalue weighted by Gasteiger charge is 2.45. The first-order valence-electron chi connectivity index (χ1n) is 8.75. The molecule has 6 nitrogen and oxygen atoms in total. The zero-order valence-electron chi connectivity index (χ0n) is 15.0. The maximum absolute atomic E-state index is 12.7. The standard InChI is InChI=1S/C19H25NO5/c1-4-19(3,12-25-13(2)9-23-10-14-11-24-14)20-17(21)15-7-5-6-8-16(15)18(20)22/h5-8,13-14H,4,9-12H2,1-3H3. The molecule has 3 rings (SSSR count). The second-order valence-electron chi connectivity index (χ2n) is 6.96. The van der Waals surface area contributed by atoms with Crippen LogP contribution in [-0.2, 0) is 14.2 Å². The van der Waals surface area contributed by atoms with Gasteiger partial charge >= 0.3 is 0 Å². The Labute approximate surface area is 148 Å². The number of benzene rings is 1. The van der Waals surface area contributed by atoms with Crippen LogP contribution >= 0.6 is 0 Å². The summed E-state index contributed by atoms with van der Waals surface area (Å²) in [6, 6.07) is 6.94. The minimum atomic E-state index is -0.693. The Hall–Kier alpha value is -1.76. The number of carbonyl (C=O) groups is 2. The van der Waals surface area contributed by atoms with Crippen molar-refractivity contribution in [1.29, 1.82) is 0 Å². The van der Waals surface area contributed by atoms with Crippen molar-refractivity contribution < 1.29 is 23.8 Å². The first-order valence-corrected chi connectivity index (χ1v) is 8.75. The number of amides is 2. The third-order valence-corrected chi connectivity index (χ3v) is 4.83. The van der Waals surface area contributed by atoms with Crippen LogP contribution in [0.5, 0.6) is 0 Å². The molecule has 6 heteroatoms. The molecule has 2 aliphatic rings. The van der Waals surface area contributed by atoms with E-state index >= 15 is 0 Å². The Morgan fingerprint density at radius 2 is 1.88 bits per heavy atom. The van der Waals surface area contributed by atoms with Crippen LogP contribution in [0.4, 0.5) is 0 Å². The van der Waals surface area contributed by atoms with Crippen molar-refractivity contribution in [3.8, 4) is 0 Å². The van der Waals surface area contributed by atoms with E-state index in [4.69, 9.17) is 14.2 Å². The Balaban J connectivity index is 1.62. The number of rotatable bonds is 9. The summed E-state index contributed by atoms with van der Waals surface area (Å²) in [6.07, 6.45) is 0.716. The van der Waals surface area contributed by atoms with Crippen molar-refractivity contribution in [3.63, 3.8) is 0 Å². The van der Waals surface area contributed by atoms with Crippen LogP contribution < -0.4 is 0 Å². The van der Waals surface area contributed by atoms with Gasteiger partial charge in [-0.15, -0.1) is 0 Å². The minimum absolute atomic E-state index is 0.125. The van der Waals surface area contributed by atoms with Crippen molar-refractivity contribution in [2.45, 2.75) is 44.9 Å². The lowest BCUT2D eigenvalue weighted by molar-refractivity contribution is -0.0477. The molecule has 0 N–H and O–H groups in total. The Bertz CT molecular complexity index is 622. The van der Waals surface area contributed by atoms with E-state index in [1.54, 1.807) is 24.3 Å². The van der Waals surface area contributed by atoms with E-state index in [0.717, 1.165) is 6.61 Å². The molecule has 2 amide bonds. The molecule has 1 saturated heterocycles. The van der Waals surface area contributed by atoms with Gasteiger partial charge in [0.05, 0.1) is 49.2 Å². The largest absolute Gasteiger partial charge is 0.376 e. The number of imide groups is 1. The predicted octanol–water partition coefficient (Wildman–Crippen LogP) is 2.27. The SMILES string of the molecule is CCC(C)(COC(C)COCC1CO1)N1C(=O)c2ccccc2C1=O. The molecule has 1 aromatic rings. The van der Waals surface area contributed by atoms with Crippen LogP contribution in [0.3, 0.4) is 0 Å². The highest BCUT2D eigenvalue weighted by atomic mass is 16.6. The Morgan fingerprint density at radius 1 is 1.28 bits per heavy atom. The summed E-state index contributed by atoms with van der Waals surface area (Å²) < 4.78 is 16.5. The fourth-order valence-electron chi connectivity index (χ4n) is 2.90. The molecule has 0 spiro atoms. The van der Waals surface area contributed by atoms with Gasteiger partial charge in [0.1, 0.15) is 6.10 Å². The fourth-order valence-corrected chi connectivity index (χ4v) is 2.90. The van der Waals surface area contributed by atoms with Gasteiger partial charge in [-0.25, -0.2) is 0 Å². The van der Waals surface area contributed by atoms with Crippen LogP contribution in [0.1, 0.15) is 47.9 Å². The number of epoxide rings is 1. The van der Waals surface area contributed by atoms with Crippen molar-refractivity contribution in [2.24, 2.45) is 0 Å². The van der Waals surface area contributed by atoms with Gasteiger partial charge in [-0.1, -0.05) is 19.1 Å². The molecular formula is C19H25NO5.